The lowest BCUT2D eigenvalue weighted by molar-refractivity contribution is -0.147. The molecular weight excluding hydrogens is 272 g/mol. The number of nitrogens with zero attached hydrogens (tertiary/aromatic N) is 1. The molecule has 6 nitrogen and oxygen atoms in total. The van der Waals surface area contributed by atoms with Gasteiger partial charge in [0.15, 0.2) is 0 Å². The molecule has 0 aliphatic rings. The number of benzene rings is 1. The minimum atomic E-state index is -1.28. The number of ether oxygens (including phenoxy) is 1. The van der Waals surface area contributed by atoms with Crippen molar-refractivity contribution in [3.05, 3.63) is 23.8 Å². The second kappa shape index (κ2) is 6.47. The van der Waals surface area contributed by atoms with Crippen LogP contribution in [0, 0.1) is 6.92 Å². The molecule has 21 heavy (non-hydrogen) atoms. The third-order valence-corrected chi connectivity index (χ3v) is 3.43. The average Bonchev–Trinajstić information content (AvgIpc) is 2.41. The summed E-state index contributed by atoms with van der Waals surface area (Å²) in [6.07, 6.45) is 0. The zero-order chi connectivity index (χ0) is 16.2. The molecule has 0 aromatic heterocycles. The van der Waals surface area contributed by atoms with Gasteiger partial charge >= 0.3 is 12.0 Å². The number of hydrogen-bond donors (Lipinski definition) is 2. The fourth-order valence-electron chi connectivity index (χ4n) is 1.99. The number of anilines is 1. The number of amides is 2. The van der Waals surface area contributed by atoms with Gasteiger partial charge in [-0.2, -0.15) is 0 Å². The Morgan fingerprint density at radius 3 is 2.43 bits per heavy atom. The van der Waals surface area contributed by atoms with Crippen LogP contribution in [0.25, 0.3) is 0 Å². The normalized spacial score (nSPS) is 10.9. The Bertz CT molecular complexity index is 540. The minimum Gasteiger partial charge on any atom is -0.497 e. The Kier molecular flexibility index (Phi) is 5.18. The summed E-state index contributed by atoms with van der Waals surface area (Å²) in [5.41, 5.74) is 0.187. The summed E-state index contributed by atoms with van der Waals surface area (Å²) >= 11 is 0. The summed E-state index contributed by atoms with van der Waals surface area (Å²) in [5, 5.41) is 12.0. The fraction of sp³-hybridized carbons (Fsp3) is 0.467. The SMILES string of the molecule is CCN(C(=O)Nc1ccc(OC)cc1C)C(C)(C)C(=O)O. The molecule has 0 aliphatic heterocycles. The number of nitrogens with one attached hydrogen (secondary N) is 1. The van der Waals surface area contributed by atoms with Crippen molar-refractivity contribution in [1.29, 1.82) is 0 Å². The number of carbonyl (C=O) groups is 2. The molecule has 0 bridgehead atoms. The molecule has 2 N–H and O–H groups in total. The summed E-state index contributed by atoms with van der Waals surface area (Å²) < 4.78 is 5.11. The van der Waals surface area contributed by atoms with E-state index in [1.165, 1.54) is 18.7 Å². The number of aliphatic carboxylic acids is 1. The highest BCUT2D eigenvalue weighted by atomic mass is 16.5. The van der Waals surface area contributed by atoms with Gasteiger partial charge in [-0.05, 0) is 51.5 Å². The van der Waals surface area contributed by atoms with Crippen molar-refractivity contribution in [2.24, 2.45) is 0 Å². The predicted molar refractivity (Wildman–Crippen MR) is 80.8 cm³/mol. The predicted octanol–water partition coefficient (Wildman–Crippen LogP) is 2.72. The monoisotopic (exact) mass is 294 g/mol. The number of aryl methyl sites for hydroxylation is 1. The van der Waals surface area contributed by atoms with Gasteiger partial charge < -0.3 is 20.1 Å². The molecule has 0 fully saturated rings. The Labute approximate surface area is 124 Å². The van der Waals surface area contributed by atoms with Crippen LogP contribution >= 0.6 is 0 Å². The molecular formula is C15H22N2O4. The fourth-order valence-corrected chi connectivity index (χ4v) is 1.99. The molecule has 0 saturated heterocycles. The van der Waals surface area contributed by atoms with Gasteiger partial charge in [0.2, 0.25) is 0 Å². The first-order valence-electron chi connectivity index (χ1n) is 6.70. The molecule has 1 aromatic carbocycles. The molecule has 0 radical (unpaired) electrons. The van der Waals surface area contributed by atoms with Crippen molar-refractivity contribution in [2.45, 2.75) is 33.2 Å². The summed E-state index contributed by atoms with van der Waals surface area (Å²) in [7, 11) is 1.57. The van der Waals surface area contributed by atoms with E-state index in [1.807, 2.05) is 6.92 Å². The van der Waals surface area contributed by atoms with Gasteiger partial charge in [-0.25, -0.2) is 9.59 Å². The van der Waals surface area contributed by atoms with Gasteiger partial charge in [0.25, 0.3) is 0 Å². The van der Waals surface area contributed by atoms with Crippen LogP contribution < -0.4 is 10.1 Å². The van der Waals surface area contributed by atoms with Crippen molar-refractivity contribution in [3.8, 4) is 5.75 Å². The number of methoxy groups -OCH3 is 1. The highest BCUT2D eigenvalue weighted by Gasteiger charge is 2.37. The summed E-state index contributed by atoms with van der Waals surface area (Å²) in [6.45, 7) is 6.88. The van der Waals surface area contributed by atoms with Crippen LogP contribution in [0.3, 0.4) is 0 Å². The summed E-state index contributed by atoms with van der Waals surface area (Å²) in [6, 6.07) is 4.82. The molecule has 1 rings (SSSR count). The quantitative estimate of drug-likeness (QED) is 0.875. The Morgan fingerprint density at radius 2 is 2.00 bits per heavy atom. The van der Waals surface area contributed by atoms with Crippen LogP contribution in [0.2, 0.25) is 0 Å². The first-order valence-corrected chi connectivity index (χ1v) is 6.70. The molecule has 0 saturated carbocycles. The van der Waals surface area contributed by atoms with Gasteiger partial charge in [0, 0.05) is 12.2 Å². The van der Waals surface area contributed by atoms with Gasteiger partial charge in [-0.3, -0.25) is 0 Å². The summed E-state index contributed by atoms with van der Waals surface area (Å²) in [5.74, 6) is -0.352. The average molecular weight is 294 g/mol. The molecule has 1 aromatic rings. The number of likely N-dealkylation sites (N-methyl/N-ethyl adjacent to an activating group) is 1. The third-order valence-electron chi connectivity index (χ3n) is 3.43. The number of urea groups is 1. The maximum absolute atomic E-state index is 12.3. The van der Waals surface area contributed by atoms with Crippen LogP contribution in [0.5, 0.6) is 5.75 Å². The first-order chi connectivity index (χ1) is 9.73. The van der Waals surface area contributed by atoms with Gasteiger partial charge in [0.1, 0.15) is 11.3 Å². The van der Waals surface area contributed by atoms with Crippen molar-refractivity contribution in [1.82, 2.24) is 4.90 Å². The van der Waals surface area contributed by atoms with E-state index < -0.39 is 17.5 Å². The lowest BCUT2D eigenvalue weighted by Gasteiger charge is -2.34. The lowest BCUT2D eigenvalue weighted by Crippen LogP contribution is -2.54. The van der Waals surface area contributed by atoms with Gasteiger partial charge in [-0.1, -0.05) is 0 Å². The first kappa shape index (κ1) is 16.8. The lowest BCUT2D eigenvalue weighted by atomic mass is 10.0. The molecule has 0 heterocycles. The zero-order valence-electron chi connectivity index (χ0n) is 13.1. The van der Waals surface area contributed by atoms with E-state index >= 15 is 0 Å². The van der Waals surface area contributed by atoms with Gasteiger partial charge in [-0.15, -0.1) is 0 Å². The zero-order valence-corrected chi connectivity index (χ0v) is 13.1. The molecule has 0 aliphatic carbocycles. The van der Waals surface area contributed by atoms with Crippen molar-refractivity contribution < 1.29 is 19.4 Å². The van der Waals surface area contributed by atoms with E-state index in [2.05, 4.69) is 5.32 Å². The number of carboxylic acid groups (broad SMARTS) is 1. The van der Waals surface area contributed by atoms with Crippen LogP contribution in [-0.4, -0.2) is 41.2 Å². The standard InChI is InChI=1S/C15H22N2O4/c1-6-17(15(3,4)13(18)19)14(20)16-12-8-7-11(21-5)9-10(12)2/h7-9H,6H2,1-5H3,(H,16,20)(H,18,19). The highest BCUT2D eigenvalue weighted by molar-refractivity contribution is 5.94. The topological polar surface area (TPSA) is 78.9 Å². The molecule has 2 amide bonds. The van der Waals surface area contributed by atoms with E-state index in [1.54, 1.807) is 32.2 Å². The van der Waals surface area contributed by atoms with Crippen LogP contribution in [-0.2, 0) is 4.79 Å². The Hall–Kier alpha value is -2.24. The molecule has 6 heteroatoms. The van der Waals surface area contributed by atoms with Crippen molar-refractivity contribution >= 4 is 17.7 Å². The second-order valence-electron chi connectivity index (χ2n) is 5.22. The van der Waals surface area contributed by atoms with E-state index in [4.69, 9.17) is 4.74 Å². The number of rotatable bonds is 5. The smallest absolute Gasteiger partial charge is 0.329 e. The Morgan fingerprint density at radius 1 is 1.38 bits per heavy atom. The Balaban J connectivity index is 2.96. The van der Waals surface area contributed by atoms with E-state index in [0.29, 0.717) is 18.0 Å². The van der Waals surface area contributed by atoms with Crippen molar-refractivity contribution in [2.75, 3.05) is 19.0 Å². The van der Waals surface area contributed by atoms with Crippen LogP contribution in [0.4, 0.5) is 10.5 Å². The number of hydrogen-bond acceptors (Lipinski definition) is 3. The summed E-state index contributed by atoms with van der Waals surface area (Å²) in [4.78, 5) is 24.9. The van der Waals surface area contributed by atoms with Crippen molar-refractivity contribution in [3.63, 3.8) is 0 Å². The maximum Gasteiger partial charge on any atom is 0.329 e. The highest BCUT2D eigenvalue weighted by Crippen LogP contribution is 2.23. The second-order valence-corrected chi connectivity index (χ2v) is 5.22. The number of carboxylic acids is 1. The molecule has 0 atom stereocenters. The third kappa shape index (κ3) is 3.65. The largest absolute Gasteiger partial charge is 0.497 e. The molecule has 0 spiro atoms. The van der Waals surface area contributed by atoms with E-state index in [0.717, 1.165) is 5.56 Å². The van der Waals surface area contributed by atoms with Crippen LogP contribution in [0.1, 0.15) is 26.3 Å². The van der Waals surface area contributed by atoms with E-state index in [-0.39, 0.29) is 0 Å². The molecule has 0 unspecified atom stereocenters. The van der Waals surface area contributed by atoms with Crippen LogP contribution in [0.15, 0.2) is 18.2 Å². The van der Waals surface area contributed by atoms with E-state index in [9.17, 15) is 14.7 Å². The maximum atomic E-state index is 12.3. The van der Waals surface area contributed by atoms with Gasteiger partial charge in [0.05, 0.1) is 7.11 Å². The number of carbonyl (C=O) groups excluding carboxylic acids is 1. The molecule has 116 valence electrons. The minimum absolute atomic E-state index is 0.292.